The van der Waals surface area contributed by atoms with Crippen molar-refractivity contribution in [2.75, 3.05) is 20.1 Å². The molecular formula is C10H21N3O. The van der Waals surface area contributed by atoms with Crippen molar-refractivity contribution in [3.05, 3.63) is 0 Å². The first-order valence-electron chi connectivity index (χ1n) is 5.35. The fourth-order valence-corrected chi connectivity index (χ4v) is 1.78. The van der Waals surface area contributed by atoms with Gasteiger partial charge in [-0.05, 0) is 33.4 Å². The molecule has 0 radical (unpaired) electrons. The van der Waals surface area contributed by atoms with Gasteiger partial charge in [0, 0.05) is 12.6 Å². The van der Waals surface area contributed by atoms with Crippen molar-refractivity contribution in [1.82, 2.24) is 10.2 Å². The minimum atomic E-state index is -0.399. The van der Waals surface area contributed by atoms with Crippen LogP contribution in [0.3, 0.4) is 0 Å². The lowest BCUT2D eigenvalue weighted by Crippen LogP contribution is -2.47. The van der Waals surface area contributed by atoms with Crippen LogP contribution in [0.4, 0.5) is 0 Å². The summed E-state index contributed by atoms with van der Waals surface area (Å²) in [5.74, 6) is -0.0519. The number of carbonyl (C=O) groups excluding carboxylic acids is 1. The minimum Gasteiger partial charge on any atom is -0.353 e. The molecule has 4 heteroatoms. The molecule has 82 valence electrons. The Bertz CT molecular complexity index is 194. The van der Waals surface area contributed by atoms with Crippen molar-refractivity contribution in [2.24, 2.45) is 5.73 Å². The molecule has 0 aliphatic carbocycles. The topological polar surface area (TPSA) is 58.4 Å². The number of amides is 1. The number of carbonyl (C=O) groups is 1. The zero-order valence-corrected chi connectivity index (χ0v) is 9.12. The second-order valence-electron chi connectivity index (χ2n) is 4.16. The maximum Gasteiger partial charge on any atom is 0.236 e. The Labute approximate surface area is 85.8 Å². The summed E-state index contributed by atoms with van der Waals surface area (Å²) in [4.78, 5) is 13.5. The van der Waals surface area contributed by atoms with Crippen LogP contribution in [0, 0.1) is 0 Å². The number of hydrogen-bond donors (Lipinski definition) is 2. The van der Waals surface area contributed by atoms with E-state index in [1.807, 2.05) is 0 Å². The van der Waals surface area contributed by atoms with Gasteiger partial charge in [0.1, 0.15) is 0 Å². The molecule has 0 aromatic carbocycles. The Morgan fingerprint density at radius 2 is 2.36 bits per heavy atom. The molecule has 1 aliphatic rings. The predicted octanol–water partition coefficient (Wildman–Crippen LogP) is -0.0659. The summed E-state index contributed by atoms with van der Waals surface area (Å²) >= 11 is 0. The highest BCUT2D eigenvalue weighted by Gasteiger charge is 2.19. The van der Waals surface area contributed by atoms with E-state index in [1.165, 1.54) is 19.3 Å². The molecule has 1 rings (SSSR count). The van der Waals surface area contributed by atoms with E-state index in [4.69, 9.17) is 5.73 Å². The molecule has 1 fully saturated rings. The van der Waals surface area contributed by atoms with Crippen molar-refractivity contribution in [2.45, 2.75) is 38.3 Å². The molecule has 0 bridgehead atoms. The van der Waals surface area contributed by atoms with E-state index in [-0.39, 0.29) is 5.91 Å². The van der Waals surface area contributed by atoms with Crippen LogP contribution in [0.5, 0.6) is 0 Å². The van der Waals surface area contributed by atoms with Crippen LogP contribution >= 0.6 is 0 Å². The van der Waals surface area contributed by atoms with Gasteiger partial charge in [0.05, 0.1) is 6.04 Å². The van der Waals surface area contributed by atoms with Crippen LogP contribution in [0.25, 0.3) is 0 Å². The molecule has 0 aromatic heterocycles. The lowest BCUT2D eigenvalue weighted by molar-refractivity contribution is -0.122. The minimum absolute atomic E-state index is 0.0519. The third-order valence-electron chi connectivity index (χ3n) is 2.85. The summed E-state index contributed by atoms with van der Waals surface area (Å²) in [5.41, 5.74) is 5.46. The summed E-state index contributed by atoms with van der Waals surface area (Å²) in [6.45, 7) is 3.58. The monoisotopic (exact) mass is 199 g/mol. The second-order valence-corrected chi connectivity index (χ2v) is 4.16. The number of likely N-dealkylation sites (N-methyl/N-ethyl adjacent to an activating group) is 1. The fourth-order valence-electron chi connectivity index (χ4n) is 1.78. The number of likely N-dealkylation sites (tertiary alicyclic amines) is 1. The molecule has 2 atom stereocenters. The number of nitrogens with one attached hydrogen (secondary N) is 1. The largest absolute Gasteiger partial charge is 0.353 e. The van der Waals surface area contributed by atoms with Crippen molar-refractivity contribution >= 4 is 5.91 Å². The van der Waals surface area contributed by atoms with Gasteiger partial charge in [-0.3, -0.25) is 4.79 Å². The molecule has 1 aliphatic heterocycles. The maximum absolute atomic E-state index is 11.2. The zero-order chi connectivity index (χ0) is 10.6. The SMILES string of the molecule is C[C@H](N)C(=O)NC[C@H]1CCCCN1C. The number of nitrogens with zero attached hydrogens (tertiary/aromatic N) is 1. The molecule has 1 saturated heterocycles. The molecular weight excluding hydrogens is 178 g/mol. The standard InChI is InChI=1S/C10H21N3O/c1-8(11)10(14)12-7-9-5-3-4-6-13(9)2/h8-9H,3-7,11H2,1-2H3,(H,12,14)/t8-,9+/m0/s1. The summed E-state index contributed by atoms with van der Waals surface area (Å²) in [6, 6.07) is 0.0929. The van der Waals surface area contributed by atoms with E-state index in [0.717, 1.165) is 13.1 Å². The molecule has 1 heterocycles. The van der Waals surface area contributed by atoms with Gasteiger partial charge >= 0.3 is 0 Å². The Kier molecular flexibility index (Phi) is 4.35. The van der Waals surface area contributed by atoms with Gasteiger partial charge in [0.25, 0.3) is 0 Å². The van der Waals surface area contributed by atoms with Crippen LogP contribution in [0.2, 0.25) is 0 Å². The maximum atomic E-state index is 11.2. The van der Waals surface area contributed by atoms with Crippen molar-refractivity contribution in [1.29, 1.82) is 0 Å². The number of rotatable bonds is 3. The summed E-state index contributed by atoms with van der Waals surface area (Å²) in [5, 5.41) is 2.88. The molecule has 4 nitrogen and oxygen atoms in total. The highest BCUT2D eigenvalue weighted by Crippen LogP contribution is 2.13. The van der Waals surface area contributed by atoms with Crippen LogP contribution in [-0.4, -0.2) is 43.0 Å². The number of piperidine rings is 1. The molecule has 1 amide bonds. The van der Waals surface area contributed by atoms with Gasteiger partial charge in [0.2, 0.25) is 5.91 Å². The first-order valence-corrected chi connectivity index (χ1v) is 5.35. The van der Waals surface area contributed by atoms with Gasteiger partial charge < -0.3 is 16.0 Å². The van der Waals surface area contributed by atoms with E-state index in [9.17, 15) is 4.79 Å². The first kappa shape index (κ1) is 11.5. The van der Waals surface area contributed by atoms with Gasteiger partial charge in [-0.2, -0.15) is 0 Å². The van der Waals surface area contributed by atoms with E-state index in [0.29, 0.717) is 6.04 Å². The Morgan fingerprint density at radius 1 is 1.64 bits per heavy atom. The second kappa shape index (κ2) is 5.32. The molecule has 14 heavy (non-hydrogen) atoms. The lowest BCUT2D eigenvalue weighted by atomic mass is 10.0. The highest BCUT2D eigenvalue weighted by atomic mass is 16.2. The predicted molar refractivity (Wildman–Crippen MR) is 56.9 cm³/mol. The Hall–Kier alpha value is -0.610. The Balaban J connectivity index is 2.26. The average molecular weight is 199 g/mol. The summed E-state index contributed by atoms with van der Waals surface area (Å²) < 4.78 is 0. The van der Waals surface area contributed by atoms with Crippen LogP contribution in [0.1, 0.15) is 26.2 Å². The third kappa shape index (κ3) is 3.27. The number of hydrogen-bond acceptors (Lipinski definition) is 3. The van der Waals surface area contributed by atoms with Crippen LogP contribution in [-0.2, 0) is 4.79 Å². The van der Waals surface area contributed by atoms with E-state index in [1.54, 1.807) is 6.92 Å². The lowest BCUT2D eigenvalue weighted by Gasteiger charge is -2.32. The van der Waals surface area contributed by atoms with E-state index < -0.39 is 6.04 Å². The zero-order valence-electron chi connectivity index (χ0n) is 9.12. The first-order chi connectivity index (χ1) is 6.61. The van der Waals surface area contributed by atoms with Crippen LogP contribution in [0.15, 0.2) is 0 Å². The average Bonchev–Trinajstić information content (AvgIpc) is 2.16. The van der Waals surface area contributed by atoms with Gasteiger partial charge in [0.15, 0.2) is 0 Å². The fraction of sp³-hybridized carbons (Fsp3) is 0.900. The number of nitrogens with two attached hydrogens (primary N) is 1. The highest BCUT2D eigenvalue weighted by molar-refractivity contribution is 5.80. The Morgan fingerprint density at radius 3 is 2.93 bits per heavy atom. The van der Waals surface area contributed by atoms with E-state index >= 15 is 0 Å². The molecule has 0 spiro atoms. The van der Waals surface area contributed by atoms with Crippen molar-refractivity contribution < 1.29 is 4.79 Å². The van der Waals surface area contributed by atoms with Gasteiger partial charge in [-0.15, -0.1) is 0 Å². The third-order valence-corrected chi connectivity index (χ3v) is 2.85. The van der Waals surface area contributed by atoms with Gasteiger partial charge in [-0.25, -0.2) is 0 Å². The summed E-state index contributed by atoms with van der Waals surface area (Å²) in [6.07, 6.45) is 3.72. The van der Waals surface area contributed by atoms with E-state index in [2.05, 4.69) is 17.3 Å². The smallest absolute Gasteiger partial charge is 0.236 e. The normalized spacial score (nSPS) is 25.8. The van der Waals surface area contributed by atoms with Crippen LogP contribution < -0.4 is 11.1 Å². The van der Waals surface area contributed by atoms with Gasteiger partial charge in [-0.1, -0.05) is 6.42 Å². The quantitative estimate of drug-likeness (QED) is 0.669. The summed E-state index contributed by atoms with van der Waals surface area (Å²) in [7, 11) is 2.11. The molecule has 0 aromatic rings. The molecule has 0 unspecified atom stereocenters. The van der Waals surface area contributed by atoms with Crippen molar-refractivity contribution in [3.8, 4) is 0 Å². The molecule has 3 N–H and O–H groups in total. The van der Waals surface area contributed by atoms with Crippen molar-refractivity contribution in [3.63, 3.8) is 0 Å². The molecule has 0 saturated carbocycles.